The Labute approximate surface area is 104 Å². The lowest BCUT2D eigenvalue weighted by molar-refractivity contribution is 0.00352. The van der Waals surface area contributed by atoms with E-state index in [1.165, 1.54) is 0 Å². The molecule has 17 heavy (non-hydrogen) atoms. The lowest BCUT2D eigenvalue weighted by atomic mass is 10.1. The maximum Gasteiger partial charge on any atom is 0.248 e. The molecule has 1 saturated carbocycles. The fourth-order valence-corrected chi connectivity index (χ4v) is 2.45. The van der Waals surface area contributed by atoms with E-state index in [1.54, 1.807) is 0 Å². The third-order valence-corrected chi connectivity index (χ3v) is 3.45. The van der Waals surface area contributed by atoms with Crippen molar-refractivity contribution < 1.29 is 8.78 Å². The number of hydrogen-bond acceptors (Lipinski definition) is 2. The highest BCUT2D eigenvalue weighted by Gasteiger charge is 2.39. The topological polar surface area (TPSA) is 15.3 Å². The van der Waals surface area contributed by atoms with Gasteiger partial charge in [-0.15, -0.1) is 0 Å². The van der Waals surface area contributed by atoms with Gasteiger partial charge >= 0.3 is 0 Å². The number of likely N-dealkylation sites (N-methyl/N-ethyl adjacent to an activating group) is 1. The Morgan fingerprint density at radius 2 is 2.12 bits per heavy atom. The van der Waals surface area contributed by atoms with Gasteiger partial charge in [-0.05, 0) is 18.9 Å². The Bertz CT molecular complexity index is 219. The van der Waals surface area contributed by atoms with E-state index in [-0.39, 0.29) is 18.8 Å². The zero-order valence-electron chi connectivity index (χ0n) is 11.3. The minimum atomic E-state index is -2.40. The van der Waals surface area contributed by atoms with E-state index in [2.05, 4.69) is 31.0 Å². The Kier molecular flexibility index (Phi) is 5.80. The normalized spacial score (nSPS) is 23.8. The SMILES string of the molecule is CCN(CCNC(C)C)CC1CCC(F)(F)C1. The molecule has 1 unspecified atom stereocenters. The van der Waals surface area contributed by atoms with Crippen LogP contribution in [0.1, 0.15) is 40.0 Å². The summed E-state index contributed by atoms with van der Waals surface area (Å²) in [5, 5.41) is 3.36. The van der Waals surface area contributed by atoms with E-state index in [1.807, 2.05) is 0 Å². The molecule has 0 radical (unpaired) electrons. The highest BCUT2D eigenvalue weighted by atomic mass is 19.3. The van der Waals surface area contributed by atoms with Crippen molar-refractivity contribution >= 4 is 0 Å². The van der Waals surface area contributed by atoms with Crippen molar-refractivity contribution in [2.24, 2.45) is 5.92 Å². The summed E-state index contributed by atoms with van der Waals surface area (Å²) in [6, 6.07) is 0.490. The summed E-state index contributed by atoms with van der Waals surface area (Å²) in [6.07, 6.45) is 0.849. The molecular weight excluding hydrogens is 222 g/mol. The van der Waals surface area contributed by atoms with Gasteiger partial charge in [0.15, 0.2) is 0 Å². The van der Waals surface area contributed by atoms with Crippen LogP contribution in [0.15, 0.2) is 0 Å². The van der Waals surface area contributed by atoms with Crippen LogP contribution in [0.4, 0.5) is 8.78 Å². The van der Waals surface area contributed by atoms with Crippen LogP contribution in [0.3, 0.4) is 0 Å². The molecule has 1 fully saturated rings. The molecule has 0 spiro atoms. The Morgan fingerprint density at radius 3 is 2.59 bits per heavy atom. The zero-order valence-corrected chi connectivity index (χ0v) is 11.3. The van der Waals surface area contributed by atoms with Crippen molar-refractivity contribution in [1.29, 1.82) is 0 Å². The zero-order chi connectivity index (χ0) is 12.9. The van der Waals surface area contributed by atoms with Crippen molar-refractivity contribution in [2.75, 3.05) is 26.2 Å². The number of nitrogens with one attached hydrogen (secondary N) is 1. The minimum absolute atomic E-state index is 0.0828. The first-order chi connectivity index (χ1) is 7.93. The van der Waals surface area contributed by atoms with Gasteiger partial charge < -0.3 is 10.2 Å². The van der Waals surface area contributed by atoms with Gasteiger partial charge in [0.25, 0.3) is 0 Å². The second kappa shape index (κ2) is 6.64. The standard InChI is InChI=1S/C13H26F2N2/c1-4-17(8-7-16-11(2)3)10-12-5-6-13(14,15)9-12/h11-12,16H,4-10H2,1-3H3. The maximum absolute atomic E-state index is 13.1. The van der Waals surface area contributed by atoms with Gasteiger partial charge in [-0.2, -0.15) is 0 Å². The van der Waals surface area contributed by atoms with Crippen molar-refractivity contribution in [1.82, 2.24) is 10.2 Å². The number of halogens is 2. The second-order valence-electron chi connectivity index (χ2n) is 5.47. The predicted octanol–water partition coefficient (Wildman–Crippen LogP) is 2.74. The van der Waals surface area contributed by atoms with Crippen LogP contribution in [-0.4, -0.2) is 43.0 Å². The first kappa shape index (κ1) is 14.8. The summed E-state index contributed by atoms with van der Waals surface area (Å²) in [4.78, 5) is 2.28. The van der Waals surface area contributed by atoms with E-state index in [0.717, 1.165) is 26.2 Å². The molecule has 1 N–H and O–H groups in total. The van der Waals surface area contributed by atoms with Crippen molar-refractivity contribution in [3.8, 4) is 0 Å². The fourth-order valence-electron chi connectivity index (χ4n) is 2.45. The molecule has 2 nitrogen and oxygen atoms in total. The summed E-state index contributed by atoms with van der Waals surface area (Å²) in [7, 11) is 0. The largest absolute Gasteiger partial charge is 0.313 e. The molecule has 0 aromatic rings. The summed E-state index contributed by atoms with van der Waals surface area (Å²) in [5.74, 6) is -2.22. The Morgan fingerprint density at radius 1 is 1.41 bits per heavy atom. The number of rotatable bonds is 7. The van der Waals surface area contributed by atoms with E-state index < -0.39 is 5.92 Å². The summed E-state index contributed by atoms with van der Waals surface area (Å²) < 4.78 is 26.2. The van der Waals surface area contributed by atoms with Crippen LogP contribution in [0.5, 0.6) is 0 Å². The first-order valence-electron chi connectivity index (χ1n) is 6.76. The van der Waals surface area contributed by atoms with Gasteiger partial charge in [0.1, 0.15) is 0 Å². The van der Waals surface area contributed by atoms with Gasteiger partial charge in [-0.1, -0.05) is 20.8 Å². The summed E-state index contributed by atoms with van der Waals surface area (Å²) in [6.45, 7) is 10.0. The molecule has 1 rings (SSSR count). The molecule has 0 amide bonds. The second-order valence-corrected chi connectivity index (χ2v) is 5.47. The fraction of sp³-hybridized carbons (Fsp3) is 1.00. The number of alkyl halides is 2. The molecule has 0 bridgehead atoms. The summed E-state index contributed by atoms with van der Waals surface area (Å²) in [5.41, 5.74) is 0. The molecule has 0 aromatic heterocycles. The summed E-state index contributed by atoms with van der Waals surface area (Å²) >= 11 is 0. The predicted molar refractivity (Wildman–Crippen MR) is 67.5 cm³/mol. The van der Waals surface area contributed by atoms with Gasteiger partial charge in [-0.25, -0.2) is 8.78 Å². The molecule has 1 atom stereocenters. The van der Waals surface area contributed by atoms with Crippen molar-refractivity contribution in [3.63, 3.8) is 0 Å². The third-order valence-electron chi connectivity index (χ3n) is 3.45. The number of hydrogen-bond donors (Lipinski definition) is 1. The molecule has 0 aliphatic heterocycles. The lowest BCUT2D eigenvalue weighted by Crippen LogP contribution is -2.37. The van der Waals surface area contributed by atoms with Crippen molar-refractivity contribution in [2.45, 2.75) is 52.0 Å². The quantitative estimate of drug-likeness (QED) is 0.745. The molecule has 0 saturated heterocycles. The molecule has 102 valence electrons. The average molecular weight is 248 g/mol. The maximum atomic E-state index is 13.1. The molecular formula is C13H26F2N2. The lowest BCUT2D eigenvalue weighted by Gasteiger charge is -2.24. The molecule has 0 heterocycles. The van der Waals surface area contributed by atoms with Crippen LogP contribution < -0.4 is 5.32 Å². The average Bonchev–Trinajstić information content (AvgIpc) is 2.56. The van der Waals surface area contributed by atoms with E-state index >= 15 is 0 Å². The van der Waals surface area contributed by atoms with Gasteiger partial charge in [0, 0.05) is 38.5 Å². The van der Waals surface area contributed by atoms with Crippen LogP contribution >= 0.6 is 0 Å². The van der Waals surface area contributed by atoms with Crippen LogP contribution in [0, 0.1) is 5.92 Å². The highest BCUT2D eigenvalue weighted by molar-refractivity contribution is 4.83. The minimum Gasteiger partial charge on any atom is -0.313 e. The molecule has 4 heteroatoms. The number of nitrogens with zero attached hydrogens (tertiary/aromatic N) is 1. The smallest absolute Gasteiger partial charge is 0.248 e. The van der Waals surface area contributed by atoms with Crippen LogP contribution in [0.2, 0.25) is 0 Å². The highest BCUT2D eigenvalue weighted by Crippen LogP contribution is 2.38. The molecule has 1 aliphatic rings. The monoisotopic (exact) mass is 248 g/mol. The van der Waals surface area contributed by atoms with E-state index in [4.69, 9.17) is 0 Å². The van der Waals surface area contributed by atoms with E-state index in [0.29, 0.717) is 12.5 Å². The van der Waals surface area contributed by atoms with Crippen LogP contribution in [-0.2, 0) is 0 Å². The molecule has 0 aromatic carbocycles. The van der Waals surface area contributed by atoms with Gasteiger partial charge in [-0.3, -0.25) is 0 Å². The Hall–Kier alpha value is -0.220. The van der Waals surface area contributed by atoms with Crippen molar-refractivity contribution in [3.05, 3.63) is 0 Å². The van der Waals surface area contributed by atoms with E-state index in [9.17, 15) is 8.78 Å². The molecule has 1 aliphatic carbocycles. The van der Waals surface area contributed by atoms with Gasteiger partial charge in [0.2, 0.25) is 5.92 Å². The van der Waals surface area contributed by atoms with Crippen LogP contribution in [0.25, 0.3) is 0 Å². The Balaban J connectivity index is 2.23. The third kappa shape index (κ3) is 5.77. The first-order valence-corrected chi connectivity index (χ1v) is 6.76. The van der Waals surface area contributed by atoms with Gasteiger partial charge in [0.05, 0.1) is 0 Å².